The lowest BCUT2D eigenvalue weighted by molar-refractivity contribution is 0.0595. The summed E-state index contributed by atoms with van der Waals surface area (Å²) in [4.78, 5) is 31.3. The predicted octanol–water partition coefficient (Wildman–Crippen LogP) is 2.88. The van der Waals surface area contributed by atoms with E-state index in [0.717, 1.165) is 11.8 Å². The molecule has 0 spiro atoms. The molecule has 0 aliphatic heterocycles. The van der Waals surface area contributed by atoms with Gasteiger partial charge in [0.05, 0.1) is 18.2 Å². The topological polar surface area (TPSA) is 69.2 Å². The maximum atomic E-state index is 11.7. The summed E-state index contributed by atoms with van der Waals surface area (Å²) in [5.74, 6) is -0.492. The monoisotopic (exact) mass is 308 g/mol. The van der Waals surface area contributed by atoms with Crippen molar-refractivity contribution in [3.63, 3.8) is 0 Å². The fraction of sp³-hybridized carbons (Fsp3) is 0.0769. The molecule has 0 atom stereocenters. The molecule has 2 aromatic heterocycles. The highest BCUT2D eigenvalue weighted by Crippen LogP contribution is 2.32. The van der Waals surface area contributed by atoms with Crippen LogP contribution in [0.15, 0.2) is 40.5 Å². The van der Waals surface area contributed by atoms with Crippen LogP contribution in [0, 0.1) is 0 Å². The van der Waals surface area contributed by atoms with Crippen molar-refractivity contribution in [3.8, 4) is 0 Å². The Hall–Kier alpha value is -1.92. The summed E-state index contributed by atoms with van der Waals surface area (Å²) in [5.41, 5.74) is 0.588. The van der Waals surface area contributed by atoms with Crippen LogP contribution in [0.4, 0.5) is 0 Å². The molecule has 0 N–H and O–H groups in total. The van der Waals surface area contributed by atoms with Crippen molar-refractivity contribution >= 4 is 35.6 Å². The zero-order chi connectivity index (χ0) is 14.5. The Morgan fingerprint density at radius 3 is 2.85 bits per heavy atom. The van der Waals surface area contributed by atoms with Crippen LogP contribution in [0.5, 0.6) is 0 Å². The molecule has 0 aromatic carbocycles. The molecule has 0 amide bonds. The summed E-state index contributed by atoms with van der Waals surface area (Å²) in [6.45, 7) is 0. The number of pyridine rings is 2. The summed E-state index contributed by atoms with van der Waals surface area (Å²) >= 11 is 7.01. The quantitative estimate of drug-likeness (QED) is 0.491. The Morgan fingerprint density at radius 2 is 2.15 bits per heavy atom. The van der Waals surface area contributed by atoms with Gasteiger partial charge in [-0.05, 0) is 18.2 Å². The third kappa shape index (κ3) is 2.97. The van der Waals surface area contributed by atoms with Crippen LogP contribution >= 0.6 is 23.4 Å². The first-order chi connectivity index (χ1) is 9.67. The van der Waals surface area contributed by atoms with Crippen LogP contribution in [0.2, 0.25) is 5.15 Å². The van der Waals surface area contributed by atoms with Gasteiger partial charge >= 0.3 is 5.97 Å². The van der Waals surface area contributed by atoms with Crippen molar-refractivity contribution in [1.29, 1.82) is 0 Å². The van der Waals surface area contributed by atoms with E-state index in [1.54, 1.807) is 24.4 Å². The molecule has 0 bridgehead atoms. The van der Waals surface area contributed by atoms with Gasteiger partial charge in [-0.25, -0.2) is 14.8 Å². The summed E-state index contributed by atoms with van der Waals surface area (Å²) < 4.78 is 4.69. The predicted molar refractivity (Wildman–Crippen MR) is 74.3 cm³/mol. The van der Waals surface area contributed by atoms with Gasteiger partial charge in [0.25, 0.3) is 0 Å². The molecule has 5 nitrogen and oxygen atoms in total. The number of esters is 1. The first-order valence-electron chi connectivity index (χ1n) is 5.48. The number of aromatic nitrogens is 2. The molecule has 7 heteroatoms. The molecular weight excluding hydrogens is 300 g/mol. The minimum atomic E-state index is -0.492. The van der Waals surface area contributed by atoms with Crippen molar-refractivity contribution in [3.05, 3.63) is 46.9 Å². The highest BCUT2D eigenvalue weighted by molar-refractivity contribution is 7.99. The minimum Gasteiger partial charge on any atom is -0.465 e. The lowest BCUT2D eigenvalue weighted by Crippen LogP contribution is -2.04. The van der Waals surface area contributed by atoms with Crippen molar-refractivity contribution in [2.45, 2.75) is 9.92 Å². The van der Waals surface area contributed by atoms with Gasteiger partial charge in [0.1, 0.15) is 10.2 Å². The SMILES string of the molecule is COC(=O)c1cccnc1Sc1ccnc(Cl)c1C=O. The van der Waals surface area contributed by atoms with E-state index in [1.807, 2.05) is 0 Å². The highest BCUT2D eigenvalue weighted by atomic mass is 35.5. The van der Waals surface area contributed by atoms with Crippen LogP contribution in [-0.2, 0) is 4.74 Å². The standard InChI is InChI=1S/C13H9ClN2O3S/c1-19-13(18)8-3-2-5-16-12(8)20-10-4-6-15-11(14)9(10)7-17/h2-7H,1H3. The molecule has 2 heterocycles. The van der Waals surface area contributed by atoms with Gasteiger partial charge in [-0.1, -0.05) is 23.4 Å². The number of hydrogen-bond donors (Lipinski definition) is 0. The molecule has 0 radical (unpaired) electrons. The molecule has 2 aromatic rings. The molecule has 0 saturated carbocycles. The Morgan fingerprint density at radius 1 is 1.35 bits per heavy atom. The minimum absolute atomic E-state index is 0.112. The number of methoxy groups -OCH3 is 1. The molecule has 102 valence electrons. The van der Waals surface area contributed by atoms with Gasteiger partial charge in [0, 0.05) is 17.3 Å². The van der Waals surface area contributed by atoms with E-state index >= 15 is 0 Å². The average Bonchev–Trinajstić information content (AvgIpc) is 2.47. The van der Waals surface area contributed by atoms with Crippen molar-refractivity contribution in [2.24, 2.45) is 0 Å². The number of nitrogens with zero attached hydrogens (tertiary/aromatic N) is 2. The van der Waals surface area contributed by atoms with Crippen LogP contribution in [0.3, 0.4) is 0 Å². The van der Waals surface area contributed by atoms with E-state index < -0.39 is 5.97 Å². The Balaban J connectivity index is 2.43. The normalized spacial score (nSPS) is 10.1. The van der Waals surface area contributed by atoms with Gasteiger partial charge in [-0.2, -0.15) is 0 Å². The molecule has 0 aliphatic rings. The number of rotatable bonds is 4. The lowest BCUT2D eigenvalue weighted by Gasteiger charge is -2.08. The van der Waals surface area contributed by atoms with Gasteiger partial charge in [0.15, 0.2) is 6.29 Å². The van der Waals surface area contributed by atoms with E-state index in [-0.39, 0.29) is 10.7 Å². The largest absolute Gasteiger partial charge is 0.465 e. The average molecular weight is 309 g/mol. The smallest absolute Gasteiger partial charge is 0.340 e. The van der Waals surface area contributed by atoms with Gasteiger partial charge in [-0.15, -0.1) is 0 Å². The van der Waals surface area contributed by atoms with Gasteiger partial charge in [-0.3, -0.25) is 4.79 Å². The van der Waals surface area contributed by atoms with Gasteiger partial charge in [0.2, 0.25) is 0 Å². The molecular formula is C13H9ClN2O3S. The number of halogens is 1. The fourth-order valence-electron chi connectivity index (χ4n) is 1.47. The van der Waals surface area contributed by atoms with Crippen LogP contribution in [0.1, 0.15) is 20.7 Å². The summed E-state index contributed by atoms with van der Waals surface area (Å²) in [7, 11) is 1.30. The molecule has 0 fully saturated rings. The number of carbonyl (C=O) groups is 2. The zero-order valence-corrected chi connectivity index (χ0v) is 11.9. The molecule has 0 aliphatic carbocycles. The second kappa shape index (κ2) is 6.49. The number of hydrogen-bond acceptors (Lipinski definition) is 6. The molecule has 2 rings (SSSR count). The summed E-state index contributed by atoms with van der Waals surface area (Å²) in [6.07, 6.45) is 3.66. The summed E-state index contributed by atoms with van der Waals surface area (Å²) in [5, 5.41) is 0.547. The summed E-state index contributed by atoms with van der Waals surface area (Å²) in [6, 6.07) is 4.87. The molecule has 0 saturated heterocycles. The first-order valence-corrected chi connectivity index (χ1v) is 6.67. The van der Waals surface area contributed by atoms with E-state index in [2.05, 4.69) is 9.97 Å². The Kier molecular flexibility index (Phi) is 4.70. The van der Waals surface area contributed by atoms with Crippen molar-refractivity contribution < 1.29 is 14.3 Å². The van der Waals surface area contributed by atoms with Crippen LogP contribution < -0.4 is 0 Å². The number of carbonyl (C=O) groups excluding carboxylic acids is 2. The highest BCUT2D eigenvalue weighted by Gasteiger charge is 2.16. The first kappa shape index (κ1) is 14.5. The number of aldehydes is 1. The third-order valence-corrected chi connectivity index (χ3v) is 3.80. The van der Waals surface area contributed by atoms with E-state index in [1.165, 1.54) is 13.3 Å². The second-order valence-electron chi connectivity index (χ2n) is 3.58. The molecule has 20 heavy (non-hydrogen) atoms. The van der Waals surface area contributed by atoms with E-state index in [0.29, 0.717) is 21.8 Å². The lowest BCUT2D eigenvalue weighted by atomic mass is 10.3. The van der Waals surface area contributed by atoms with Crippen LogP contribution in [0.25, 0.3) is 0 Å². The zero-order valence-electron chi connectivity index (χ0n) is 10.4. The van der Waals surface area contributed by atoms with Crippen LogP contribution in [-0.4, -0.2) is 29.3 Å². The Labute approximate surface area is 124 Å². The van der Waals surface area contributed by atoms with Crippen molar-refractivity contribution in [2.75, 3.05) is 7.11 Å². The fourth-order valence-corrected chi connectivity index (χ4v) is 2.69. The maximum Gasteiger partial charge on any atom is 0.340 e. The van der Waals surface area contributed by atoms with E-state index in [9.17, 15) is 9.59 Å². The second-order valence-corrected chi connectivity index (χ2v) is 4.97. The number of ether oxygens (including phenoxy) is 1. The maximum absolute atomic E-state index is 11.7. The van der Waals surface area contributed by atoms with Crippen molar-refractivity contribution in [1.82, 2.24) is 9.97 Å². The van der Waals surface area contributed by atoms with E-state index in [4.69, 9.17) is 16.3 Å². The molecule has 0 unspecified atom stereocenters. The Bertz CT molecular complexity index is 664. The van der Waals surface area contributed by atoms with Gasteiger partial charge < -0.3 is 4.74 Å². The third-order valence-electron chi connectivity index (χ3n) is 2.40.